The Hall–Kier alpha value is -2.39. The minimum atomic E-state index is -2.05. The Morgan fingerprint density at radius 3 is 2.35 bits per heavy atom. The SMILES string of the molecule is CC(Cc1cccc(NC(=O)NC23CC4CC(CC(C4)C2)C3)c1)NC[C@H](O[Si](C)(C)C(C)(C)C)c1ccc2c(c1)COC(C)(C)O2. The Labute approximate surface area is 278 Å². The number of carbonyl (C=O) groups excluding carboxylic acids is 1. The summed E-state index contributed by atoms with van der Waals surface area (Å²) in [6, 6.07) is 14.9. The van der Waals surface area contributed by atoms with Gasteiger partial charge in [-0.15, -0.1) is 0 Å². The van der Waals surface area contributed by atoms with Gasteiger partial charge in [0.2, 0.25) is 5.79 Å². The zero-order chi connectivity index (χ0) is 32.9. The molecule has 2 amide bonds. The molecule has 0 saturated heterocycles. The van der Waals surface area contributed by atoms with Gasteiger partial charge in [-0.1, -0.05) is 39.0 Å². The number of urea groups is 1. The number of hydrogen-bond donors (Lipinski definition) is 3. The fourth-order valence-electron chi connectivity index (χ4n) is 8.49. The number of nitrogens with one attached hydrogen (secondary N) is 3. The zero-order valence-electron chi connectivity index (χ0n) is 29.4. The molecule has 2 atom stereocenters. The number of hydrogen-bond acceptors (Lipinski definition) is 5. The van der Waals surface area contributed by atoms with Gasteiger partial charge in [-0.25, -0.2) is 4.79 Å². The van der Waals surface area contributed by atoms with Crippen LogP contribution in [-0.4, -0.2) is 38.3 Å². The molecule has 5 aliphatic rings. The lowest BCUT2D eigenvalue weighted by Crippen LogP contribution is -2.60. The molecule has 0 aromatic heterocycles. The Morgan fingerprint density at radius 1 is 1.02 bits per heavy atom. The molecule has 7 rings (SSSR count). The van der Waals surface area contributed by atoms with E-state index in [4.69, 9.17) is 13.9 Å². The molecule has 4 saturated carbocycles. The van der Waals surface area contributed by atoms with Crippen LogP contribution < -0.4 is 20.7 Å². The van der Waals surface area contributed by atoms with E-state index < -0.39 is 14.1 Å². The first-order valence-corrected chi connectivity index (χ1v) is 20.5. The van der Waals surface area contributed by atoms with E-state index in [0.29, 0.717) is 13.2 Å². The number of ether oxygens (including phenoxy) is 2. The average Bonchev–Trinajstić information content (AvgIpc) is 2.93. The summed E-state index contributed by atoms with van der Waals surface area (Å²) < 4.78 is 19.0. The fraction of sp³-hybridized carbons (Fsp3) is 0.658. The molecule has 0 radical (unpaired) electrons. The van der Waals surface area contributed by atoms with Gasteiger partial charge in [0.1, 0.15) is 5.75 Å². The minimum Gasteiger partial charge on any atom is -0.463 e. The highest BCUT2D eigenvalue weighted by Crippen LogP contribution is 2.55. The van der Waals surface area contributed by atoms with Crippen molar-refractivity contribution in [3.05, 3.63) is 59.2 Å². The normalized spacial score (nSPS) is 27.8. The fourth-order valence-corrected chi connectivity index (χ4v) is 9.78. The predicted octanol–water partition coefficient (Wildman–Crippen LogP) is 8.71. The molecular weight excluding hydrogens is 591 g/mol. The van der Waals surface area contributed by atoms with Crippen LogP contribution >= 0.6 is 0 Å². The van der Waals surface area contributed by atoms with Crippen LogP contribution in [-0.2, 0) is 22.2 Å². The van der Waals surface area contributed by atoms with Crippen LogP contribution in [0.1, 0.15) is 103 Å². The molecule has 8 heteroatoms. The Morgan fingerprint density at radius 2 is 1.70 bits per heavy atom. The Kier molecular flexibility index (Phi) is 9.15. The first-order chi connectivity index (χ1) is 21.6. The van der Waals surface area contributed by atoms with Crippen LogP contribution in [0.4, 0.5) is 10.5 Å². The van der Waals surface area contributed by atoms with E-state index in [2.05, 4.69) is 87.1 Å². The van der Waals surface area contributed by atoms with Crippen molar-refractivity contribution in [2.24, 2.45) is 17.8 Å². The van der Waals surface area contributed by atoms with Crippen molar-refractivity contribution in [1.82, 2.24) is 10.6 Å². The van der Waals surface area contributed by atoms with Gasteiger partial charge in [0.15, 0.2) is 8.32 Å². The molecular formula is C38H57N3O4Si. The monoisotopic (exact) mass is 647 g/mol. The molecule has 7 nitrogen and oxygen atoms in total. The largest absolute Gasteiger partial charge is 0.463 e. The molecule has 4 aliphatic carbocycles. The molecule has 1 unspecified atom stereocenters. The quantitative estimate of drug-likeness (QED) is 0.225. The standard InChI is InChI=1S/C38H57N3O4Si/c1-25(14-26-10-9-11-32(18-26)40-35(42)41-38-20-27-15-28(21-38)17-29(16-27)22-38)39-23-34(45-46(7,8)36(2,3)4)30-12-13-33-31(19-30)24-43-37(5,6)44-33/h9-13,18-19,25,27-29,34,39H,14-17,20-24H2,1-8H3,(H2,40,41,42)/t25?,27?,28?,29?,34-,38?/m0/s1. The van der Waals surface area contributed by atoms with Crippen LogP contribution in [0.25, 0.3) is 0 Å². The highest BCUT2D eigenvalue weighted by atomic mass is 28.4. The van der Waals surface area contributed by atoms with Gasteiger partial charge in [-0.2, -0.15) is 0 Å². The second kappa shape index (κ2) is 12.6. The first-order valence-electron chi connectivity index (χ1n) is 17.6. The summed E-state index contributed by atoms with van der Waals surface area (Å²) in [5.74, 6) is 2.68. The second-order valence-electron chi connectivity index (χ2n) is 17.0. The Bertz CT molecular complexity index is 1380. The van der Waals surface area contributed by atoms with Crippen LogP contribution in [0.15, 0.2) is 42.5 Å². The number of amides is 2. The summed E-state index contributed by atoms with van der Waals surface area (Å²) in [6.45, 7) is 18.8. The summed E-state index contributed by atoms with van der Waals surface area (Å²) >= 11 is 0. The number of rotatable bonds is 10. The molecule has 1 heterocycles. The number of anilines is 1. The van der Waals surface area contributed by atoms with Crippen molar-refractivity contribution in [3.63, 3.8) is 0 Å². The third kappa shape index (κ3) is 7.67. The number of carbonyl (C=O) groups is 1. The summed E-state index contributed by atoms with van der Waals surface area (Å²) in [7, 11) is -2.05. The number of benzene rings is 2. The lowest BCUT2D eigenvalue weighted by atomic mass is 9.53. The maximum absolute atomic E-state index is 13.2. The van der Waals surface area contributed by atoms with Crippen LogP contribution in [0.2, 0.25) is 18.1 Å². The molecule has 4 bridgehead atoms. The van der Waals surface area contributed by atoms with E-state index >= 15 is 0 Å². The van der Waals surface area contributed by atoms with E-state index in [9.17, 15) is 4.79 Å². The highest BCUT2D eigenvalue weighted by Gasteiger charge is 2.51. The minimum absolute atomic E-state index is 0.00654. The number of fused-ring (bicyclic) bond motifs is 1. The van der Waals surface area contributed by atoms with E-state index in [-0.39, 0.29) is 28.8 Å². The smallest absolute Gasteiger partial charge is 0.319 e. The van der Waals surface area contributed by atoms with E-state index in [1.54, 1.807) is 0 Å². The van der Waals surface area contributed by atoms with Crippen molar-refractivity contribution >= 4 is 20.0 Å². The molecule has 252 valence electrons. The molecule has 3 N–H and O–H groups in total. The highest BCUT2D eigenvalue weighted by molar-refractivity contribution is 6.74. The van der Waals surface area contributed by atoms with Crippen LogP contribution in [0.5, 0.6) is 5.75 Å². The van der Waals surface area contributed by atoms with E-state index in [0.717, 1.165) is 66.0 Å². The van der Waals surface area contributed by atoms with E-state index in [1.165, 1.54) is 24.8 Å². The van der Waals surface area contributed by atoms with Crippen molar-refractivity contribution in [2.45, 2.75) is 135 Å². The lowest BCUT2D eigenvalue weighted by Gasteiger charge is -2.56. The van der Waals surface area contributed by atoms with Gasteiger partial charge >= 0.3 is 6.03 Å². The molecule has 1 aliphatic heterocycles. The summed E-state index contributed by atoms with van der Waals surface area (Å²) in [5.41, 5.74) is 4.26. The Balaban J connectivity index is 1.08. The van der Waals surface area contributed by atoms with Crippen molar-refractivity contribution in [3.8, 4) is 5.75 Å². The van der Waals surface area contributed by atoms with Crippen molar-refractivity contribution < 1.29 is 18.7 Å². The third-order valence-electron chi connectivity index (χ3n) is 11.4. The van der Waals surface area contributed by atoms with Gasteiger partial charge in [0.25, 0.3) is 0 Å². The maximum Gasteiger partial charge on any atom is 0.319 e. The molecule has 46 heavy (non-hydrogen) atoms. The van der Waals surface area contributed by atoms with Crippen molar-refractivity contribution in [2.75, 3.05) is 11.9 Å². The second-order valence-corrected chi connectivity index (χ2v) is 21.8. The molecule has 2 aromatic rings. The summed E-state index contributed by atoms with van der Waals surface area (Å²) in [6.07, 6.45) is 8.33. The van der Waals surface area contributed by atoms with Gasteiger partial charge < -0.3 is 29.9 Å². The van der Waals surface area contributed by atoms with Crippen LogP contribution in [0, 0.1) is 17.8 Å². The van der Waals surface area contributed by atoms with Gasteiger partial charge in [0, 0.05) is 43.2 Å². The summed E-state index contributed by atoms with van der Waals surface area (Å²) in [4.78, 5) is 13.2. The topological polar surface area (TPSA) is 80.9 Å². The predicted molar refractivity (Wildman–Crippen MR) is 188 cm³/mol. The van der Waals surface area contributed by atoms with Crippen molar-refractivity contribution in [1.29, 1.82) is 0 Å². The van der Waals surface area contributed by atoms with Gasteiger partial charge in [0.05, 0.1) is 12.7 Å². The molecule has 2 aromatic carbocycles. The van der Waals surface area contributed by atoms with Gasteiger partial charge in [-0.05, 0) is 123 Å². The first kappa shape index (κ1) is 33.5. The third-order valence-corrected chi connectivity index (χ3v) is 15.9. The maximum atomic E-state index is 13.2. The zero-order valence-corrected chi connectivity index (χ0v) is 30.4. The average molecular weight is 648 g/mol. The molecule has 4 fully saturated rings. The summed E-state index contributed by atoms with van der Waals surface area (Å²) in [5, 5.41) is 10.5. The van der Waals surface area contributed by atoms with Crippen LogP contribution in [0.3, 0.4) is 0 Å². The molecule has 0 spiro atoms. The lowest BCUT2D eigenvalue weighted by molar-refractivity contribution is -0.180. The van der Waals surface area contributed by atoms with Gasteiger partial charge in [-0.3, -0.25) is 0 Å². The van der Waals surface area contributed by atoms with E-state index in [1.807, 2.05) is 26.0 Å².